The highest BCUT2D eigenvalue weighted by atomic mass is 79.9. The number of hydrogen-bond acceptors (Lipinski definition) is 9. The van der Waals surface area contributed by atoms with Gasteiger partial charge < -0.3 is 25.0 Å². The van der Waals surface area contributed by atoms with Crippen LogP contribution in [0.25, 0.3) is 0 Å². The largest absolute Gasteiger partial charge is 0.467 e. The lowest BCUT2D eigenvalue weighted by molar-refractivity contribution is -0.148. The van der Waals surface area contributed by atoms with Gasteiger partial charge in [-0.3, -0.25) is 13.8 Å². The lowest BCUT2D eigenvalue weighted by Crippen LogP contribution is -2.59. The van der Waals surface area contributed by atoms with Crippen LogP contribution in [0.15, 0.2) is 46.3 Å². The van der Waals surface area contributed by atoms with E-state index in [1.807, 2.05) is 0 Å². The van der Waals surface area contributed by atoms with E-state index in [0.717, 1.165) is 12.8 Å². The molecule has 46 heavy (non-hydrogen) atoms. The van der Waals surface area contributed by atoms with Gasteiger partial charge in [-0.2, -0.15) is 8.42 Å². The number of carbonyl (C=O) groups is 4. The minimum absolute atomic E-state index is 0.0922. The van der Waals surface area contributed by atoms with Crippen LogP contribution in [0, 0.1) is 23.2 Å². The van der Waals surface area contributed by atoms with Crippen LogP contribution in [-0.2, 0) is 38.2 Å². The van der Waals surface area contributed by atoms with Gasteiger partial charge in [0, 0.05) is 23.4 Å². The first-order valence-corrected chi connectivity index (χ1v) is 17.6. The average molecular weight is 727 g/mol. The molecule has 1 aromatic rings. The second-order valence-electron chi connectivity index (χ2n) is 13.8. The third-order valence-electron chi connectivity index (χ3n) is 9.30. The molecule has 12 nitrogen and oxygen atoms in total. The van der Waals surface area contributed by atoms with Crippen LogP contribution in [0.1, 0.15) is 60.3 Å². The molecule has 3 unspecified atom stereocenters. The van der Waals surface area contributed by atoms with E-state index >= 15 is 0 Å². The lowest BCUT2D eigenvalue weighted by atomic mass is 9.85. The van der Waals surface area contributed by atoms with E-state index in [9.17, 15) is 27.6 Å². The van der Waals surface area contributed by atoms with Crippen molar-refractivity contribution in [1.29, 1.82) is 0 Å². The van der Waals surface area contributed by atoms with Crippen LogP contribution in [0.3, 0.4) is 0 Å². The number of methoxy groups -OCH3 is 1. The Balaban J connectivity index is 1.59. The molecule has 1 aromatic carbocycles. The van der Waals surface area contributed by atoms with Crippen molar-refractivity contribution in [2.24, 2.45) is 23.2 Å². The van der Waals surface area contributed by atoms with Crippen molar-refractivity contribution in [3.8, 4) is 0 Å². The first-order chi connectivity index (χ1) is 21.4. The van der Waals surface area contributed by atoms with Crippen molar-refractivity contribution in [3.05, 3.63) is 41.4 Å². The molecule has 0 spiro atoms. The van der Waals surface area contributed by atoms with Crippen LogP contribution < -0.4 is 10.6 Å². The van der Waals surface area contributed by atoms with Crippen molar-refractivity contribution in [1.82, 2.24) is 15.5 Å². The molecule has 2 N–H and O–H groups in total. The predicted molar refractivity (Wildman–Crippen MR) is 172 cm³/mol. The summed E-state index contributed by atoms with van der Waals surface area (Å²) >= 11 is 3.28. The van der Waals surface area contributed by atoms with E-state index in [0.29, 0.717) is 16.3 Å². The molecule has 14 heteroatoms. The molecule has 1 aliphatic heterocycles. The number of carbonyl (C=O) groups excluding carboxylic acids is 4. The Morgan fingerprint density at radius 2 is 1.67 bits per heavy atom. The highest BCUT2D eigenvalue weighted by Crippen LogP contribution is 2.45. The van der Waals surface area contributed by atoms with Crippen LogP contribution in [0.2, 0.25) is 0 Å². The maximum absolute atomic E-state index is 14.3. The molecule has 1 saturated heterocycles. The van der Waals surface area contributed by atoms with Gasteiger partial charge in [0.15, 0.2) is 0 Å². The topological polar surface area (TPSA) is 157 Å². The zero-order chi connectivity index (χ0) is 34.2. The molecular weight excluding hydrogens is 682 g/mol. The predicted octanol–water partition coefficient (Wildman–Crippen LogP) is 3.93. The van der Waals surface area contributed by atoms with Gasteiger partial charge in [-0.1, -0.05) is 56.6 Å². The molecule has 3 aliphatic rings. The minimum atomic E-state index is -4.27. The highest BCUT2D eigenvalue weighted by molar-refractivity contribution is 9.10. The molecule has 2 saturated carbocycles. The molecular formula is C32H44BrN3O9S. The first kappa shape index (κ1) is 35.9. The van der Waals surface area contributed by atoms with Crippen LogP contribution >= 0.6 is 15.9 Å². The number of amides is 3. The fraction of sp³-hybridized carbons (Fsp3) is 0.625. The summed E-state index contributed by atoms with van der Waals surface area (Å²) in [7, 11) is -3.06. The molecule has 3 amide bonds. The zero-order valence-corrected chi connectivity index (χ0v) is 29.5. The second-order valence-corrected chi connectivity index (χ2v) is 16.3. The Hall–Kier alpha value is -2.97. The van der Waals surface area contributed by atoms with Gasteiger partial charge in [-0.25, -0.2) is 9.59 Å². The molecule has 0 aromatic heterocycles. The lowest BCUT2D eigenvalue weighted by Gasteiger charge is -2.35. The SMILES string of the molecule is C=C[C@@H]1CC1(NC(=O)[C@@H]1C[C@H](OS(=O)(=O)c2ccc(Br)cc2)CN1C(=O)[C@@H](NC(=O)OC1CC(C)[C@H](C)C1)C(C)(C)C)C(=O)OC. The molecule has 0 radical (unpaired) electrons. The summed E-state index contributed by atoms with van der Waals surface area (Å²) in [6, 6.07) is 3.51. The number of rotatable bonds is 10. The molecule has 3 fully saturated rings. The van der Waals surface area contributed by atoms with Crippen LogP contribution in [-0.4, -0.2) is 80.7 Å². The molecule has 1 heterocycles. The van der Waals surface area contributed by atoms with Gasteiger partial charge in [-0.15, -0.1) is 6.58 Å². The van der Waals surface area contributed by atoms with Gasteiger partial charge in [-0.05, 0) is 60.8 Å². The molecule has 0 bridgehead atoms. The minimum Gasteiger partial charge on any atom is -0.467 e. The van der Waals surface area contributed by atoms with Gasteiger partial charge in [0.2, 0.25) is 11.8 Å². The second kappa shape index (κ2) is 13.6. The summed E-state index contributed by atoms with van der Waals surface area (Å²) in [5.74, 6) is -1.54. The summed E-state index contributed by atoms with van der Waals surface area (Å²) in [4.78, 5) is 54.9. The molecule has 4 rings (SSSR count). The summed E-state index contributed by atoms with van der Waals surface area (Å²) < 4.78 is 43.2. The van der Waals surface area contributed by atoms with Crippen molar-refractivity contribution in [3.63, 3.8) is 0 Å². The maximum Gasteiger partial charge on any atom is 0.408 e. The summed E-state index contributed by atoms with van der Waals surface area (Å²) in [5.41, 5.74) is -2.17. The standard InChI is InChI=1S/C32H44BrN3O9S/c1-8-20-16-32(20,29(39)43-7)35-27(37)25-15-23(45-46(41,42)24-11-9-21(33)10-12-24)17-36(25)28(38)26(31(4,5)6)34-30(40)44-22-13-18(2)19(3)14-22/h8-12,18-20,22-23,25-26H,1,13-17H2,2-7H3,(H,34,40)(H,35,37)/t18-,19?,20-,22?,23+,25+,26-,32?/m1/s1. The zero-order valence-electron chi connectivity index (χ0n) is 27.1. The number of hydrogen-bond donors (Lipinski definition) is 2. The van der Waals surface area contributed by atoms with Gasteiger partial charge in [0.25, 0.3) is 10.1 Å². The van der Waals surface area contributed by atoms with Crippen molar-refractivity contribution in [2.45, 2.75) is 95.0 Å². The normalized spacial score (nSPS) is 29.8. The smallest absolute Gasteiger partial charge is 0.408 e. The van der Waals surface area contributed by atoms with E-state index in [4.69, 9.17) is 13.7 Å². The Bertz CT molecular complexity index is 1450. The number of esters is 1. The summed E-state index contributed by atoms with van der Waals surface area (Å²) in [5, 5.41) is 5.45. The van der Waals surface area contributed by atoms with E-state index in [1.165, 1.54) is 24.1 Å². The third-order valence-corrected chi connectivity index (χ3v) is 11.2. The summed E-state index contributed by atoms with van der Waals surface area (Å²) in [6.45, 7) is 13.0. The number of benzene rings is 1. The van der Waals surface area contributed by atoms with E-state index in [-0.39, 0.29) is 36.3 Å². The van der Waals surface area contributed by atoms with E-state index < -0.39 is 63.1 Å². The highest BCUT2D eigenvalue weighted by Gasteiger charge is 2.62. The first-order valence-electron chi connectivity index (χ1n) is 15.4. The van der Waals surface area contributed by atoms with Crippen molar-refractivity contribution >= 4 is 49.9 Å². The number of nitrogens with one attached hydrogen (secondary N) is 2. The Labute approximate surface area is 279 Å². The van der Waals surface area contributed by atoms with Crippen LogP contribution in [0.5, 0.6) is 0 Å². The number of likely N-dealkylation sites (tertiary alicyclic amines) is 1. The van der Waals surface area contributed by atoms with Crippen LogP contribution in [0.4, 0.5) is 4.79 Å². The van der Waals surface area contributed by atoms with Gasteiger partial charge in [0.1, 0.15) is 23.7 Å². The third kappa shape index (κ3) is 7.76. The van der Waals surface area contributed by atoms with Gasteiger partial charge >= 0.3 is 12.1 Å². The molecule has 254 valence electrons. The van der Waals surface area contributed by atoms with E-state index in [2.05, 4.69) is 47.0 Å². The van der Waals surface area contributed by atoms with E-state index in [1.54, 1.807) is 39.0 Å². The monoisotopic (exact) mass is 725 g/mol. The maximum atomic E-state index is 14.3. The summed E-state index contributed by atoms with van der Waals surface area (Å²) in [6.07, 6.45) is 0.952. The average Bonchev–Trinajstić information content (AvgIpc) is 3.38. The van der Waals surface area contributed by atoms with Gasteiger partial charge in [0.05, 0.1) is 18.1 Å². The number of alkyl carbamates (subject to hydrolysis) is 1. The Kier molecular flexibility index (Phi) is 10.6. The van der Waals surface area contributed by atoms with Crippen molar-refractivity contribution < 1.29 is 41.3 Å². The fourth-order valence-corrected chi connectivity index (χ4v) is 7.63. The Morgan fingerprint density at radius 3 is 2.20 bits per heavy atom. The Morgan fingerprint density at radius 1 is 1.07 bits per heavy atom. The molecule has 8 atom stereocenters. The fourth-order valence-electron chi connectivity index (χ4n) is 6.29. The molecule has 2 aliphatic carbocycles. The number of nitrogens with zero attached hydrogens (tertiary/aromatic N) is 1. The number of halogens is 1. The quantitative estimate of drug-likeness (QED) is 0.207. The van der Waals surface area contributed by atoms with Crippen molar-refractivity contribution in [2.75, 3.05) is 13.7 Å². The number of ether oxygens (including phenoxy) is 2.